The number of carbonyl (C=O) groups excluding carboxylic acids is 2. The van der Waals surface area contributed by atoms with Gasteiger partial charge in [-0.1, -0.05) is 34.6 Å². The highest BCUT2D eigenvalue weighted by atomic mass is 16.7. The van der Waals surface area contributed by atoms with E-state index in [9.17, 15) is 19.8 Å². The fourth-order valence-electron chi connectivity index (χ4n) is 14.9. The molecule has 0 radical (unpaired) electrons. The smallest absolute Gasteiger partial charge is 0.303 e. The number of hydrogen-bond acceptors (Lipinski definition) is 9. The highest BCUT2D eigenvalue weighted by Gasteiger charge is 2.84. The molecule has 0 aromatic heterocycles. The van der Waals surface area contributed by atoms with E-state index >= 15 is 0 Å². The van der Waals surface area contributed by atoms with Crippen LogP contribution in [0.15, 0.2) is 0 Å². The van der Waals surface area contributed by atoms with Crippen molar-refractivity contribution >= 4 is 11.9 Å². The summed E-state index contributed by atoms with van der Waals surface area (Å²) >= 11 is 0. The monoisotopic (exact) mass is 714 g/mol. The van der Waals surface area contributed by atoms with Crippen LogP contribution in [0.4, 0.5) is 0 Å². The molecule has 5 saturated carbocycles. The topological polar surface area (TPSA) is 127 Å². The molecule has 8 fully saturated rings. The summed E-state index contributed by atoms with van der Waals surface area (Å²) in [7, 11) is 0. The number of ether oxygens (including phenoxy) is 4. The summed E-state index contributed by atoms with van der Waals surface area (Å²) in [6.45, 7) is 19.5. The van der Waals surface area contributed by atoms with Crippen molar-refractivity contribution in [1.82, 2.24) is 10.2 Å². The Morgan fingerprint density at radius 2 is 1.78 bits per heavy atom. The normalized spacial score (nSPS) is 51.1. The van der Waals surface area contributed by atoms with Crippen molar-refractivity contribution in [3.8, 4) is 0 Å². The van der Waals surface area contributed by atoms with Gasteiger partial charge in [-0.05, 0) is 123 Å². The largest absolute Gasteiger partial charge is 0.457 e. The highest BCUT2D eigenvalue weighted by Crippen LogP contribution is 2.89. The predicted octanol–water partition coefficient (Wildman–Crippen LogP) is 4.82. The number of esters is 1. The number of amides is 1. The third kappa shape index (κ3) is 5.14. The van der Waals surface area contributed by atoms with Crippen LogP contribution in [-0.2, 0) is 28.5 Å². The zero-order valence-corrected chi connectivity index (χ0v) is 32.5. The van der Waals surface area contributed by atoms with Crippen LogP contribution in [0.2, 0.25) is 0 Å². The lowest BCUT2D eigenvalue weighted by Crippen LogP contribution is -2.60. The standard InChI is InChI=1S/C41H66N2O8/c1-23-20-26(34(37(5,6)47)49-24(2)44)50-32-31(23)38(7)15-16-41-22-40(41)14-13-29(36(3,4)27(40)11-12-28(41)39(38,8)33(32)45)51-30-21-43(18-19-48-30)25-10-9-17-42-35(25)46/h23,25-34,45,47H,9-22H2,1-8H3,(H,42,46)/t23-,25?,26-,27+,28+,29+,30?,31?,32+,33+,34+,38-,39-,40-,41+/m1/s1. The average molecular weight is 715 g/mol. The Balaban J connectivity index is 1.01. The van der Waals surface area contributed by atoms with Crippen molar-refractivity contribution in [2.45, 2.75) is 168 Å². The van der Waals surface area contributed by atoms with Crippen LogP contribution in [0, 0.1) is 50.7 Å². The van der Waals surface area contributed by atoms with E-state index in [2.05, 4.69) is 44.8 Å². The Kier molecular flexibility index (Phi) is 8.70. The third-order valence-electron chi connectivity index (χ3n) is 17.2. The molecule has 10 nitrogen and oxygen atoms in total. The number of hydrogen-bond donors (Lipinski definition) is 3. The molecule has 3 heterocycles. The first kappa shape index (κ1) is 36.7. The lowest BCUT2D eigenvalue weighted by molar-refractivity contribution is -0.251. The lowest BCUT2D eigenvalue weighted by Gasteiger charge is -2.64. The number of aliphatic hydroxyl groups excluding tert-OH is 1. The molecule has 0 bridgehead atoms. The molecule has 0 aromatic carbocycles. The van der Waals surface area contributed by atoms with E-state index in [1.54, 1.807) is 13.8 Å². The minimum absolute atomic E-state index is 0.0157. The van der Waals surface area contributed by atoms with E-state index in [4.69, 9.17) is 18.9 Å². The van der Waals surface area contributed by atoms with Gasteiger partial charge < -0.3 is 34.5 Å². The molecule has 8 aliphatic rings. The molecule has 3 saturated heterocycles. The molecule has 3 N–H and O–H groups in total. The Bertz CT molecular complexity index is 1400. The second-order valence-electron chi connectivity index (χ2n) is 20.1. The molecule has 51 heavy (non-hydrogen) atoms. The number of fused-ring (bicyclic) bond motifs is 4. The van der Waals surface area contributed by atoms with Crippen LogP contribution in [0.1, 0.15) is 120 Å². The van der Waals surface area contributed by atoms with Crippen molar-refractivity contribution in [3.05, 3.63) is 0 Å². The SMILES string of the molecule is CC(=O)O[C@@H]([C@H]1C[C@@H](C)C2[C@H](O1)[C@H](O)[C@@]1(C)[C@@H]3CC[C@H]4C(C)(C)[C@@H](OC5CN(C6CCCNC6=O)CCO5)CC[C@@]45C[C@@]35CC[C@]21C)C(C)(C)O. The fraction of sp³-hybridized carbons (Fsp3) is 0.951. The zero-order valence-electron chi connectivity index (χ0n) is 32.5. The summed E-state index contributed by atoms with van der Waals surface area (Å²) in [6, 6.07) is -0.0813. The Morgan fingerprint density at radius 1 is 1.06 bits per heavy atom. The Morgan fingerprint density at radius 3 is 2.49 bits per heavy atom. The van der Waals surface area contributed by atoms with Gasteiger partial charge in [-0.2, -0.15) is 0 Å². The third-order valence-corrected chi connectivity index (χ3v) is 17.2. The van der Waals surface area contributed by atoms with Gasteiger partial charge in [-0.15, -0.1) is 0 Å². The quantitative estimate of drug-likeness (QED) is 0.332. The van der Waals surface area contributed by atoms with E-state index in [1.165, 1.54) is 19.8 Å². The van der Waals surface area contributed by atoms with Gasteiger partial charge in [0.1, 0.15) is 0 Å². The maximum absolute atomic E-state index is 12.7. The van der Waals surface area contributed by atoms with Crippen LogP contribution in [0.25, 0.3) is 0 Å². The molecule has 8 rings (SSSR count). The van der Waals surface area contributed by atoms with Gasteiger partial charge in [-0.25, -0.2) is 0 Å². The van der Waals surface area contributed by atoms with Crippen LogP contribution in [-0.4, -0.2) is 102 Å². The van der Waals surface area contributed by atoms with E-state index in [-0.39, 0.29) is 69.4 Å². The molecule has 10 heteroatoms. The number of carbonyl (C=O) groups is 2. The van der Waals surface area contributed by atoms with Gasteiger partial charge in [0.05, 0.1) is 49.2 Å². The number of rotatable bonds is 6. The Labute approximate surface area is 305 Å². The van der Waals surface area contributed by atoms with Gasteiger partial charge in [0, 0.05) is 25.4 Å². The van der Waals surface area contributed by atoms with Crippen molar-refractivity contribution in [1.29, 1.82) is 0 Å². The summed E-state index contributed by atoms with van der Waals surface area (Å²) < 4.78 is 25.7. The van der Waals surface area contributed by atoms with Crippen LogP contribution in [0.3, 0.4) is 0 Å². The second kappa shape index (κ2) is 12.1. The van der Waals surface area contributed by atoms with Crippen LogP contribution in [0.5, 0.6) is 0 Å². The maximum atomic E-state index is 12.7. The van der Waals surface area contributed by atoms with Crippen molar-refractivity contribution in [3.63, 3.8) is 0 Å². The van der Waals surface area contributed by atoms with Gasteiger partial charge in [0.15, 0.2) is 12.4 Å². The van der Waals surface area contributed by atoms with Crippen molar-refractivity contribution in [2.24, 2.45) is 50.7 Å². The average Bonchev–Trinajstić information content (AvgIpc) is 3.69. The molecule has 5 aliphatic carbocycles. The van der Waals surface area contributed by atoms with E-state index in [1.807, 2.05) is 0 Å². The van der Waals surface area contributed by atoms with E-state index in [0.717, 1.165) is 58.0 Å². The first-order valence-corrected chi connectivity index (χ1v) is 20.4. The van der Waals surface area contributed by atoms with Gasteiger partial charge in [0.25, 0.3) is 0 Å². The first-order valence-electron chi connectivity index (χ1n) is 20.4. The van der Waals surface area contributed by atoms with Gasteiger partial charge >= 0.3 is 5.97 Å². The summed E-state index contributed by atoms with van der Waals surface area (Å²) in [5, 5.41) is 26.7. The molecule has 15 atom stereocenters. The number of nitrogens with one attached hydrogen (secondary N) is 1. The second-order valence-corrected chi connectivity index (χ2v) is 20.1. The molecule has 2 spiro atoms. The van der Waals surface area contributed by atoms with E-state index in [0.29, 0.717) is 31.4 Å². The summed E-state index contributed by atoms with van der Waals surface area (Å²) in [5.74, 6) is 1.14. The summed E-state index contributed by atoms with van der Waals surface area (Å²) in [5.41, 5.74) is -1.16. The fourth-order valence-corrected chi connectivity index (χ4v) is 14.9. The highest BCUT2D eigenvalue weighted by molar-refractivity contribution is 5.82. The molecule has 0 aromatic rings. The number of piperidine rings is 1. The summed E-state index contributed by atoms with van der Waals surface area (Å²) in [6.07, 6.45) is 8.10. The van der Waals surface area contributed by atoms with Crippen molar-refractivity contribution < 1.29 is 38.7 Å². The molecule has 288 valence electrons. The zero-order chi connectivity index (χ0) is 36.5. The van der Waals surface area contributed by atoms with Gasteiger partial charge in [-0.3, -0.25) is 14.5 Å². The first-order chi connectivity index (χ1) is 23.9. The molecular weight excluding hydrogens is 648 g/mol. The van der Waals surface area contributed by atoms with Crippen molar-refractivity contribution in [2.75, 3.05) is 26.2 Å². The van der Waals surface area contributed by atoms with Crippen LogP contribution >= 0.6 is 0 Å². The maximum Gasteiger partial charge on any atom is 0.303 e. The minimum atomic E-state index is -1.26. The molecular formula is C41H66N2O8. The number of aliphatic hydroxyl groups is 2. The minimum Gasteiger partial charge on any atom is -0.457 e. The molecule has 1 amide bonds. The Hall–Kier alpha value is -1.30. The predicted molar refractivity (Wildman–Crippen MR) is 190 cm³/mol. The summed E-state index contributed by atoms with van der Waals surface area (Å²) in [4.78, 5) is 27.1. The molecule has 3 unspecified atom stereocenters. The molecule has 3 aliphatic heterocycles. The van der Waals surface area contributed by atoms with Crippen LogP contribution < -0.4 is 5.32 Å². The number of nitrogens with zero attached hydrogens (tertiary/aromatic N) is 1. The van der Waals surface area contributed by atoms with Gasteiger partial charge in [0.2, 0.25) is 5.91 Å². The van der Waals surface area contributed by atoms with E-state index < -0.39 is 29.9 Å². The lowest BCUT2D eigenvalue weighted by atomic mass is 9.41. The number of morpholine rings is 1.